The van der Waals surface area contributed by atoms with Crippen molar-refractivity contribution in [2.45, 2.75) is 25.7 Å². The largest absolute Gasteiger partial charge is 0.342 e. The van der Waals surface area contributed by atoms with Crippen LogP contribution in [0, 0.1) is 0 Å². The maximum absolute atomic E-state index is 10.3. The summed E-state index contributed by atoms with van der Waals surface area (Å²) in [6, 6.07) is 0. The van der Waals surface area contributed by atoms with Crippen molar-refractivity contribution in [1.29, 1.82) is 0 Å². The molecule has 0 saturated carbocycles. The standard InChI is InChI=1S/C6H11IO3/c7-5-3-1-2-4-6(8)10-9/h9H,1-5H2. The third kappa shape index (κ3) is 6.28. The van der Waals surface area contributed by atoms with Gasteiger partial charge in [-0.2, -0.15) is 5.26 Å². The molecule has 1 N–H and O–H groups in total. The van der Waals surface area contributed by atoms with Crippen LogP contribution in [0.3, 0.4) is 0 Å². The smallest absolute Gasteiger partial charge is 0.301 e. The van der Waals surface area contributed by atoms with Crippen LogP contribution >= 0.6 is 22.6 Å². The summed E-state index contributed by atoms with van der Waals surface area (Å²) in [6.45, 7) is 0. The summed E-state index contributed by atoms with van der Waals surface area (Å²) in [5.74, 6) is -0.534. The van der Waals surface area contributed by atoms with Crippen molar-refractivity contribution in [3.05, 3.63) is 0 Å². The van der Waals surface area contributed by atoms with Gasteiger partial charge in [0.25, 0.3) is 0 Å². The van der Waals surface area contributed by atoms with E-state index in [4.69, 9.17) is 5.26 Å². The molecule has 0 heterocycles. The van der Waals surface area contributed by atoms with E-state index in [1.807, 2.05) is 0 Å². The Morgan fingerprint density at radius 3 is 2.60 bits per heavy atom. The highest BCUT2D eigenvalue weighted by molar-refractivity contribution is 14.1. The van der Waals surface area contributed by atoms with Crippen LogP contribution in [-0.2, 0) is 9.68 Å². The number of alkyl halides is 1. The van der Waals surface area contributed by atoms with E-state index in [1.165, 1.54) is 0 Å². The van der Waals surface area contributed by atoms with E-state index in [-0.39, 0.29) is 0 Å². The van der Waals surface area contributed by atoms with Gasteiger partial charge < -0.3 is 4.89 Å². The molecule has 0 aliphatic carbocycles. The van der Waals surface area contributed by atoms with Gasteiger partial charge in [0.05, 0.1) is 0 Å². The lowest BCUT2D eigenvalue weighted by atomic mass is 10.2. The number of rotatable bonds is 5. The minimum Gasteiger partial charge on any atom is -0.301 e. The molecule has 0 rings (SSSR count). The quantitative estimate of drug-likeness (QED) is 0.270. The topological polar surface area (TPSA) is 46.5 Å². The fourth-order valence-corrected chi connectivity index (χ4v) is 1.13. The van der Waals surface area contributed by atoms with E-state index in [0.29, 0.717) is 6.42 Å². The minimum atomic E-state index is -0.534. The summed E-state index contributed by atoms with van der Waals surface area (Å²) in [7, 11) is 0. The van der Waals surface area contributed by atoms with Crippen molar-refractivity contribution in [1.82, 2.24) is 0 Å². The molecule has 0 aromatic heterocycles. The molecule has 60 valence electrons. The van der Waals surface area contributed by atoms with Gasteiger partial charge in [0.1, 0.15) is 0 Å². The van der Waals surface area contributed by atoms with Crippen molar-refractivity contribution >= 4 is 28.6 Å². The minimum absolute atomic E-state index is 0.327. The average Bonchev–Trinajstić information content (AvgIpc) is 1.98. The molecule has 0 fully saturated rings. The highest BCUT2D eigenvalue weighted by Gasteiger charge is 1.99. The van der Waals surface area contributed by atoms with Crippen LogP contribution in [0.2, 0.25) is 0 Å². The number of carbonyl (C=O) groups excluding carboxylic acids is 1. The Morgan fingerprint density at radius 2 is 2.10 bits per heavy atom. The van der Waals surface area contributed by atoms with Crippen LogP contribution in [0.1, 0.15) is 25.7 Å². The number of hydrogen-bond acceptors (Lipinski definition) is 3. The Balaban J connectivity index is 2.96. The van der Waals surface area contributed by atoms with E-state index >= 15 is 0 Å². The van der Waals surface area contributed by atoms with E-state index in [9.17, 15) is 4.79 Å². The Labute approximate surface area is 73.8 Å². The summed E-state index contributed by atoms with van der Waals surface area (Å²) in [4.78, 5) is 13.8. The molecule has 0 aliphatic heterocycles. The fraction of sp³-hybridized carbons (Fsp3) is 0.833. The molecule has 0 atom stereocenters. The van der Waals surface area contributed by atoms with E-state index in [0.717, 1.165) is 23.7 Å². The van der Waals surface area contributed by atoms with Crippen molar-refractivity contribution in [3.8, 4) is 0 Å². The van der Waals surface area contributed by atoms with Crippen molar-refractivity contribution in [3.63, 3.8) is 0 Å². The Hall–Kier alpha value is 0.160. The molecule has 0 bridgehead atoms. The van der Waals surface area contributed by atoms with Crippen molar-refractivity contribution < 1.29 is 14.9 Å². The van der Waals surface area contributed by atoms with Gasteiger partial charge in [-0.1, -0.05) is 29.0 Å². The first-order valence-electron chi connectivity index (χ1n) is 3.21. The molecule has 0 spiro atoms. The molecule has 10 heavy (non-hydrogen) atoms. The summed E-state index contributed by atoms with van der Waals surface area (Å²) >= 11 is 2.29. The van der Waals surface area contributed by atoms with Gasteiger partial charge in [-0.3, -0.25) is 0 Å². The average molecular weight is 258 g/mol. The molecule has 0 amide bonds. The zero-order valence-electron chi connectivity index (χ0n) is 5.68. The van der Waals surface area contributed by atoms with Gasteiger partial charge in [0.2, 0.25) is 0 Å². The molecule has 0 aromatic rings. The summed E-state index contributed by atoms with van der Waals surface area (Å²) in [6.07, 6.45) is 3.28. The third-order valence-electron chi connectivity index (χ3n) is 1.12. The predicted octanol–water partition coefficient (Wildman–Crippen LogP) is 2.00. The van der Waals surface area contributed by atoms with E-state index in [1.54, 1.807) is 0 Å². The van der Waals surface area contributed by atoms with Crippen LogP contribution in [0.5, 0.6) is 0 Å². The first-order valence-corrected chi connectivity index (χ1v) is 4.74. The van der Waals surface area contributed by atoms with Gasteiger partial charge in [0, 0.05) is 6.42 Å². The number of halogens is 1. The zero-order valence-corrected chi connectivity index (χ0v) is 7.83. The molecule has 0 aliphatic rings. The fourth-order valence-electron chi connectivity index (χ4n) is 0.586. The first kappa shape index (κ1) is 10.2. The SMILES string of the molecule is O=C(CCCCCI)OO. The molecule has 0 saturated heterocycles. The summed E-state index contributed by atoms with van der Waals surface area (Å²) in [5.41, 5.74) is 0. The molecule has 3 nitrogen and oxygen atoms in total. The second-order valence-electron chi connectivity index (χ2n) is 1.96. The van der Waals surface area contributed by atoms with E-state index < -0.39 is 5.97 Å². The lowest BCUT2D eigenvalue weighted by molar-refractivity contribution is -0.234. The van der Waals surface area contributed by atoms with Gasteiger partial charge in [-0.25, -0.2) is 4.79 Å². The van der Waals surface area contributed by atoms with Crippen molar-refractivity contribution in [2.75, 3.05) is 4.43 Å². The van der Waals surface area contributed by atoms with Crippen LogP contribution in [0.4, 0.5) is 0 Å². The molecule has 0 aromatic carbocycles. The molecule has 0 unspecified atom stereocenters. The van der Waals surface area contributed by atoms with Crippen LogP contribution in [-0.4, -0.2) is 15.7 Å². The van der Waals surface area contributed by atoms with Gasteiger partial charge >= 0.3 is 5.97 Å². The Bertz CT molecular complexity index is 95.0. The van der Waals surface area contributed by atoms with Gasteiger partial charge in [-0.15, -0.1) is 0 Å². The predicted molar refractivity (Wildman–Crippen MR) is 46.1 cm³/mol. The summed E-state index contributed by atoms with van der Waals surface area (Å²) < 4.78 is 1.12. The van der Waals surface area contributed by atoms with Gasteiger partial charge in [-0.05, 0) is 17.3 Å². The monoisotopic (exact) mass is 258 g/mol. The highest BCUT2D eigenvalue weighted by Crippen LogP contribution is 2.02. The number of carbonyl (C=O) groups is 1. The number of unbranched alkanes of at least 4 members (excludes halogenated alkanes) is 2. The van der Waals surface area contributed by atoms with Crippen LogP contribution in [0.15, 0.2) is 0 Å². The second kappa shape index (κ2) is 7.27. The molecular weight excluding hydrogens is 247 g/mol. The lowest BCUT2D eigenvalue weighted by Gasteiger charge is -1.94. The first-order chi connectivity index (χ1) is 4.81. The number of hydrogen-bond donors (Lipinski definition) is 1. The van der Waals surface area contributed by atoms with Gasteiger partial charge in [0.15, 0.2) is 0 Å². The molecular formula is C6H11IO3. The maximum atomic E-state index is 10.3. The van der Waals surface area contributed by atoms with Crippen LogP contribution < -0.4 is 0 Å². The summed E-state index contributed by atoms with van der Waals surface area (Å²) in [5, 5.41) is 7.84. The van der Waals surface area contributed by atoms with E-state index in [2.05, 4.69) is 27.5 Å². The van der Waals surface area contributed by atoms with Crippen LogP contribution in [0.25, 0.3) is 0 Å². The second-order valence-corrected chi connectivity index (χ2v) is 3.04. The maximum Gasteiger partial charge on any atom is 0.342 e. The zero-order chi connectivity index (χ0) is 7.82. The Morgan fingerprint density at radius 1 is 1.40 bits per heavy atom. The Kier molecular flexibility index (Phi) is 7.39. The molecule has 0 radical (unpaired) electrons. The molecule has 4 heteroatoms. The normalized spacial score (nSPS) is 9.40. The van der Waals surface area contributed by atoms with Crippen molar-refractivity contribution in [2.24, 2.45) is 0 Å². The lowest BCUT2D eigenvalue weighted by Crippen LogP contribution is -1.99. The highest BCUT2D eigenvalue weighted by atomic mass is 127. The third-order valence-corrected chi connectivity index (χ3v) is 1.88.